The highest BCUT2D eigenvalue weighted by atomic mass is 16.5. The average Bonchev–Trinajstić information content (AvgIpc) is 3.63. The predicted molar refractivity (Wildman–Crippen MR) is 160 cm³/mol. The third-order valence-electron chi connectivity index (χ3n) is 8.64. The molecule has 2 unspecified atom stereocenters. The van der Waals surface area contributed by atoms with Crippen molar-refractivity contribution in [2.24, 2.45) is 5.92 Å². The first-order valence-corrected chi connectivity index (χ1v) is 14.5. The SMILES string of the molecule is CC1(NCC(O)COc2cccc3[nH]ccc23)CCC(C(C)(C)NCC(O)COc2cccc3[nH]ccc23)CC1. The Morgan fingerprint density at radius 2 is 1.38 bits per heavy atom. The van der Waals surface area contributed by atoms with Crippen LogP contribution in [-0.2, 0) is 0 Å². The number of hydrogen-bond donors (Lipinski definition) is 6. The standard InChI is InChI=1S/C32H44N4O4/c1-31(2,35-18-23(37)20-39-29-8-4-6-27-25(29)12-16-33-27)22-10-14-32(3,15-11-22)36-19-24(38)21-40-30-9-5-7-28-26(30)13-17-34-28/h4-9,12-13,16-17,22-24,33-38H,10-11,14-15,18-21H2,1-3H3. The molecular weight excluding hydrogens is 504 g/mol. The van der Waals surface area contributed by atoms with E-state index in [-0.39, 0.29) is 24.3 Å². The Morgan fingerprint density at radius 1 is 0.850 bits per heavy atom. The van der Waals surface area contributed by atoms with Crippen molar-refractivity contribution in [2.75, 3.05) is 26.3 Å². The lowest BCUT2D eigenvalue weighted by Crippen LogP contribution is -2.54. The zero-order valence-electron chi connectivity index (χ0n) is 23.9. The van der Waals surface area contributed by atoms with Crippen LogP contribution in [0.2, 0.25) is 0 Å². The number of β-amino-alcohol motifs (C(OH)–C–C–N with tert-alkyl or cyclic N) is 2. The maximum Gasteiger partial charge on any atom is 0.128 e. The Kier molecular flexibility index (Phi) is 8.71. The van der Waals surface area contributed by atoms with E-state index in [0.29, 0.717) is 19.0 Å². The highest BCUT2D eigenvalue weighted by Crippen LogP contribution is 2.37. The molecule has 0 bridgehead atoms. The molecule has 0 radical (unpaired) electrons. The van der Waals surface area contributed by atoms with Crippen LogP contribution in [0.1, 0.15) is 46.5 Å². The van der Waals surface area contributed by atoms with Gasteiger partial charge >= 0.3 is 0 Å². The fourth-order valence-corrected chi connectivity index (χ4v) is 5.90. The molecule has 2 aromatic carbocycles. The molecule has 2 atom stereocenters. The topological polar surface area (TPSA) is 115 Å². The molecule has 40 heavy (non-hydrogen) atoms. The van der Waals surface area contributed by atoms with Gasteiger partial charge in [-0.15, -0.1) is 0 Å². The summed E-state index contributed by atoms with van der Waals surface area (Å²) >= 11 is 0. The van der Waals surface area contributed by atoms with Gasteiger partial charge in [0, 0.05) is 58.4 Å². The predicted octanol–water partition coefficient (Wildman–Crippen LogP) is 4.74. The van der Waals surface area contributed by atoms with Crippen LogP contribution in [0.15, 0.2) is 60.9 Å². The molecule has 5 rings (SSSR count). The van der Waals surface area contributed by atoms with E-state index < -0.39 is 12.2 Å². The first-order valence-electron chi connectivity index (χ1n) is 14.5. The molecule has 2 aromatic heterocycles. The molecule has 0 amide bonds. The summed E-state index contributed by atoms with van der Waals surface area (Å²) in [4.78, 5) is 6.37. The van der Waals surface area contributed by atoms with E-state index in [1.54, 1.807) is 0 Å². The van der Waals surface area contributed by atoms with E-state index in [0.717, 1.165) is 59.0 Å². The molecule has 1 fully saturated rings. The molecule has 2 heterocycles. The average molecular weight is 549 g/mol. The van der Waals surface area contributed by atoms with Gasteiger partial charge in [0.1, 0.15) is 36.9 Å². The molecule has 4 aromatic rings. The number of ether oxygens (including phenoxy) is 2. The summed E-state index contributed by atoms with van der Waals surface area (Å²) in [5.41, 5.74) is 1.94. The van der Waals surface area contributed by atoms with Crippen LogP contribution < -0.4 is 20.1 Å². The summed E-state index contributed by atoms with van der Waals surface area (Å²) in [5, 5.41) is 30.5. The number of benzene rings is 2. The minimum absolute atomic E-state index is 0.0131. The molecule has 8 heteroatoms. The molecule has 0 spiro atoms. The Hall–Kier alpha value is -3.04. The second kappa shape index (κ2) is 12.2. The number of aromatic nitrogens is 2. The molecule has 0 saturated heterocycles. The van der Waals surface area contributed by atoms with Gasteiger partial charge in [0.25, 0.3) is 0 Å². The van der Waals surface area contributed by atoms with Crippen LogP contribution in [0.3, 0.4) is 0 Å². The number of rotatable bonds is 13. The van der Waals surface area contributed by atoms with E-state index in [9.17, 15) is 10.2 Å². The van der Waals surface area contributed by atoms with Gasteiger partial charge in [0.05, 0.1) is 0 Å². The summed E-state index contributed by atoms with van der Waals surface area (Å²) in [7, 11) is 0. The van der Waals surface area contributed by atoms with Crippen LogP contribution in [0, 0.1) is 5.92 Å². The monoisotopic (exact) mass is 548 g/mol. The Labute approximate surface area is 236 Å². The van der Waals surface area contributed by atoms with E-state index in [4.69, 9.17) is 9.47 Å². The summed E-state index contributed by atoms with van der Waals surface area (Å²) < 4.78 is 11.9. The minimum Gasteiger partial charge on any atom is -0.490 e. The van der Waals surface area contributed by atoms with Crippen molar-refractivity contribution in [1.82, 2.24) is 20.6 Å². The summed E-state index contributed by atoms with van der Waals surface area (Å²) in [5.74, 6) is 2.07. The van der Waals surface area contributed by atoms with Crippen molar-refractivity contribution >= 4 is 21.8 Å². The van der Waals surface area contributed by atoms with Crippen LogP contribution >= 0.6 is 0 Å². The van der Waals surface area contributed by atoms with Crippen molar-refractivity contribution in [3.63, 3.8) is 0 Å². The Bertz CT molecular complexity index is 1370. The van der Waals surface area contributed by atoms with Crippen LogP contribution in [-0.4, -0.2) is 69.8 Å². The van der Waals surface area contributed by atoms with Crippen molar-refractivity contribution < 1.29 is 19.7 Å². The van der Waals surface area contributed by atoms with Gasteiger partial charge in [-0.3, -0.25) is 0 Å². The fourth-order valence-electron chi connectivity index (χ4n) is 5.90. The van der Waals surface area contributed by atoms with Crippen molar-refractivity contribution in [3.05, 3.63) is 60.9 Å². The zero-order chi connectivity index (χ0) is 28.2. The fraction of sp³-hybridized carbons (Fsp3) is 0.500. The lowest BCUT2D eigenvalue weighted by molar-refractivity contribution is 0.0726. The highest BCUT2D eigenvalue weighted by molar-refractivity contribution is 5.86. The first-order chi connectivity index (χ1) is 19.2. The highest BCUT2D eigenvalue weighted by Gasteiger charge is 2.37. The van der Waals surface area contributed by atoms with E-state index >= 15 is 0 Å². The van der Waals surface area contributed by atoms with Crippen LogP contribution in [0.4, 0.5) is 0 Å². The molecule has 0 aliphatic heterocycles. The maximum absolute atomic E-state index is 10.6. The molecule has 1 aliphatic carbocycles. The molecule has 1 aliphatic rings. The van der Waals surface area contributed by atoms with Gasteiger partial charge in [-0.05, 0) is 88.8 Å². The van der Waals surface area contributed by atoms with E-state index in [2.05, 4.69) is 41.4 Å². The first kappa shape index (κ1) is 28.5. The lowest BCUT2D eigenvalue weighted by atomic mass is 9.70. The minimum atomic E-state index is -0.600. The van der Waals surface area contributed by atoms with Crippen molar-refractivity contribution in [3.8, 4) is 11.5 Å². The van der Waals surface area contributed by atoms with Crippen molar-refractivity contribution in [2.45, 2.75) is 69.7 Å². The normalized spacial score (nSPS) is 21.5. The number of nitrogens with one attached hydrogen (secondary N) is 4. The van der Waals surface area contributed by atoms with Gasteiger partial charge in [0.2, 0.25) is 0 Å². The largest absolute Gasteiger partial charge is 0.490 e. The number of aliphatic hydroxyl groups excluding tert-OH is 2. The number of aliphatic hydroxyl groups is 2. The van der Waals surface area contributed by atoms with E-state index in [1.807, 2.05) is 60.9 Å². The quantitative estimate of drug-likeness (QED) is 0.144. The van der Waals surface area contributed by atoms with Gasteiger partial charge in [-0.1, -0.05) is 12.1 Å². The number of hydrogen-bond acceptors (Lipinski definition) is 6. The maximum atomic E-state index is 10.6. The van der Waals surface area contributed by atoms with Gasteiger partial charge in [0.15, 0.2) is 0 Å². The lowest BCUT2D eigenvalue weighted by Gasteiger charge is -2.45. The number of aromatic amines is 2. The Morgan fingerprint density at radius 3 is 1.93 bits per heavy atom. The molecule has 1 saturated carbocycles. The summed E-state index contributed by atoms with van der Waals surface area (Å²) in [6, 6.07) is 15.8. The van der Waals surface area contributed by atoms with Gasteiger partial charge < -0.3 is 40.3 Å². The second-order valence-corrected chi connectivity index (χ2v) is 12.1. The molecule has 216 valence electrons. The Balaban J connectivity index is 1.02. The third kappa shape index (κ3) is 6.81. The zero-order valence-corrected chi connectivity index (χ0v) is 23.9. The summed E-state index contributed by atoms with van der Waals surface area (Å²) in [6.07, 6.45) is 6.82. The number of H-pyrrole nitrogens is 2. The third-order valence-corrected chi connectivity index (χ3v) is 8.64. The number of fused-ring (bicyclic) bond motifs is 2. The smallest absolute Gasteiger partial charge is 0.128 e. The van der Waals surface area contributed by atoms with Crippen LogP contribution in [0.25, 0.3) is 21.8 Å². The molecule has 8 nitrogen and oxygen atoms in total. The molecule has 6 N–H and O–H groups in total. The van der Waals surface area contributed by atoms with Gasteiger partial charge in [-0.25, -0.2) is 0 Å². The van der Waals surface area contributed by atoms with Crippen LogP contribution in [0.5, 0.6) is 11.5 Å². The van der Waals surface area contributed by atoms with Gasteiger partial charge in [-0.2, -0.15) is 0 Å². The van der Waals surface area contributed by atoms with E-state index in [1.165, 1.54) is 0 Å². The molecular formula is C32H44N4O4. The second-order valence-electron chi connectivity index (χ2n) is 12.1. The van der Waals surface area contributed by atoms with Crippen molar-refractivity contribution in [1.29, 1.82) is 0 Å². The summed E-state index contributed by atoms with van der Waals surface area (Å²) in [6.45, 7) is 8.18.